The van der Waals surface area contributed by atoms with Crippen molar-refractivity contribution in [1.29, 1.82) is 0 Å². The van der Waals surface area contributed by atoms with E-state index >= 15 is 0 Å². The van der Waals surface area contributed by atoms with Gasteiger partial charge in [-0.05, 0) is 12.1 Å². The van der Waals surface area contributed by atoms with Gasteiger partial charge in [0.15, 0.2) is 0 Å². The Labute approximate surface area is 87.2 Å². The van der Waals surface area contributed by atoms with Crippen molar-refractivity contribution >= 4 is 45.8 Å². The van der Waals surface area contributed by atoms with Crippen molar-refractivity contribution in [3.63, 3.8) is 0 Å². The van der Waals surface area contributed by atoms with Crippen LogP contribution in [0, 0.1) is 0 Å². The average molecular weight is 245 g/mol. The van der Waals surface area contributed by atoms with E-state index in [0.717, 1.165) is 0 Å². The minimum absolute atomic E-state index is 0.144. The maximum atomic E-state index is 10.8. The summed E-state index contributed by atoms with van der Waals surface area (Å²) in [6, 6.07) is 2.97. The van der Waals surface area contributed by atoms with Crippen LogP contribution >= 0.6 is 34.8 Å². The van der Waals surface area contributed by atoms with Gasteiger partial charge in [-0.25, -0.2) is 9.35 Å². The first-order valence-electron chi connectivity index (χ1n) is 2.83. The Kier molecular flexibility index (Phi) is 3.37. The van der Waals surface area contributed by atoms with Crippen molar-refractivity contribution < 1.29 is 4.21 Å². The fourth-order valence-corrected chi connectivity index (χ4v) is 1.96. The molecule has 66 valence electrons. The highest BCUT2D eigenvalue weighted by atomic mass is 35.5. The first-order valence-corrected chi connectivity index (χ1v) is 5.18. The monoisotopic (exact) mass is 243 g/mol. The Morgan fingerprint density at radius 1 is 1.17 bits per heavy atom. The fraction of sp³-hybridized carbons (Fsp3) is 0. The predicted molar refractivity (Wildman–Crippen MR) is 52.1 cm³/mol. The number of halogens is 3. The molecular weight excluding hydrogens is 240 g/mol. The van der Waals surface area contributed by atoms with Gasteiger partial charge in [0, 0.05) is 0 Å². The smallest absolute Gasteiger partial charge is 0.123 e. The second kappa shape index (κ2) is 3.94. The number of hydrogen-bond donors (Lipinski definition) is 1. The summed E-state index contributed by atoms with van der Waals surface area (Å²) in [5.41, 5.74) is 0. The Hall–Kier alpha value is 0.200. The highest BCUT2D eigenvalue weighted by Gasteiger charge is 2.10. The van der Waals surface area contributed by atoms with Crippen molar-refractivity contribution in [3.05, 3.63) is 27.2 Å². The van der Waals surface area contributed by atoms with Crippen LogP contribution in [0.3, 0.4) is 0 Å². The molecule has 2 nitrogen and oxygen atoms in total. The molecule has 0 amide bonds. The van der Waals surface area contributed by atoms with E-state index in [1.165, 1.54) is 12.1 Å². The van der Waals surface area contributed by atoms with Gasteiger partial charge < -0.3 is 0 Å². The lowest BCUT2D eigenvalue weighted by molar-refractivity contribution is 0.684. The van der Waals surface area contributed by atoms with E-state index in [-0.39, 0.29) is 14.9 Å². The van der Waals surface area contributed by atoms with Crippen molar-refractivity contribution in [3.8, 4) is 0 Å². The quantitative estimate of drug-likeness (QED) is 0.758. The van der Waals surface area contributed by atoms with Gasteiger partial charge in [-0.1, -0.05) is 34.8 Å². The van der Waals surface area contributed by atoms with Gasteiger partial charge in [0.25, 0.3) is 0 Å². The SMILES string of the molecule is NS(=O)c1ccc(Cl)c(Cl)c1Cl. The molecule has 12 heavy (non-hydrogen) atoms. The average Bonchev–Trinajstić information content (AvgIpc) is 2.00. The second-order valence-corrected chi connectivity index (χ2v) is 4.17. The standard InChI is InChI=1S/C6H4Cl3NOS/c7-3-1-2-4(12(10)11)6(9)5(3)8/h1-2H,10H2. The Morgan fingerprint density at radius 2 is 1.75 bits per heavy atom. The van der Waals surface area contributed by atoms with E-state index in [1.807, 2.05) is 0 Å². The Morgan fingerprint density at radius 3 is 2.25 bits per heavy atom. The predicted octanol–water partition coefficient (Wildman–Crippen LogP) is 2.63. The van der Waals surface area contributed by atoms with Crippen LogP contribution in [0.2, 0.25) is 15.1 Å². The molecule has 1 unspecified atom stereocenters. The first-order chi connectivity index (χ1) is 5.54. The Balaban J connectivity index is 3.36. The van der Waals surface area contributed by atoms with Gasteiger partial charge in [0.05, 0.1) is 20.0 Å². The van der Waals surface area contributed by atoms with Gasteiger partial charge in [-0.15, -0.1) is 0 Å². The molecule has 1 atom stereocenters. The molecular formula is C6H4Cl3NOS. The fourth-order valence-electron chi connectivity index (χ4n) is 0.664. The summed E-state index contributed by atoms with van der Waals surface area (Å²) in [4.78, 5) is 0.283. The normalized spacial score (nSPS) is 13.0. The van der Waals surface area contributed by atoms with E-state index in [2.05, 4.69) is 0 Å². The molecule has 0 saturated carbocycles. The number of hydrogen-bond acceptors (Lipinski definition) is 1. The lowest BCUT2D eigenvalue weighted by atomic mass is 10.4. The Bertz CT molecular complexity index is 342. The zero-order valence-corrected chi connectivity index (χ0v) is 8.77. The number of nitrogens with two attached hydrogens (primary N) is 1. The zero-order valence-electron chi connectivity index (χ0n) is 5.68. The van der Waals surface area contributed by atoms with E-state index in [9.17, 15) is 4.21 Å². The molecule has 1 rings (SSSR count). The van der Waals surface area contributed by atoms with Crippen molar-refractivity contribution in [2.75, 3.05) is 0 Å². The zero-order chi connectivity index (χ0) is 9.30. The van der Waals surface area contributed by atoms with E-state index < -0.39 is 11.0 Å². The van der Waals surface area contributed by atoms with Gasteiger partial charge >= 0.3 is 0 Å². The van der Waals surface area contributed by atoms with Gasteiger partial charge in [0.2, 0.25) is 0 Å². The van der Waals surface area contributed by atoms with Gasteiger partial charge in [0.1, 0.15) is 11.0 Å². The first kappa shape index (κ1) is 10.3. The van der Waals surface area contributed by atoms with Gasteiger partial charge in [-0.2, -0.15) is 0 Å². The van der Waals surface area contributed by atoms with Crippen LogP contribution in [0.1, 0.15) is 0 Å². The van der Waals surface area contributed by atoms with Crippen LogP contribution in [0.5, 0.6) is 0 Å². The van der Waals surface area contributed by atoms with E-state index in [4.69, 9.17) is 39.9 Å². The maximum absolute atomic E-state index is 10.8. The molecule has 0 fully saturated rings. The molecule has 0 heterocycles. The summed E-state index contributed by atoms with van der Waals surface area (Å²) < 4.78 is 10.8. The van der Waals surface area contributed by atoms with Gasteiger partial charge in [-0.3, -0.25) is 0 Å². The van der Waals surface area contributed by atoms with Crippen LogP contribution in [-0.4, -0.2) is 4.21 Å². The largest absolute Gasteiger partial charge is 0.248 e. The summed E-state index contributed by atoms with van der Waals surface area (Å²) in [5, 5.41) is 5.75. The molecule has 0 aliphatic carbocycles. The topological polar surface area (TPSA) is 43.1 Å². The molecule has 0 radical (unpaired) electrons. The van der Waals surface area contributed by atoms with Crippen molar-refractivity contribution in [2.45, 2.75) is 4.90 Å². The molecule has 0 aliphatic rings. The summed E-state index contributed by atoms with van der Waals surface area (Å²) in [6.45, 7) is 0. The lowest BCUT2D eigenvalue weighted by Gasteiger charge is -2.02. The summed E-state index contributed by atoms with van der Waals surface area (Å²) in [6.07, 6.45) is 0. The van der Waals surface area contributed by atoms with Crippen LogP contribution in [0.4, 0.5) is 0 Å². The second-order valence-electron chi connectivity index (χ2n) is 1.97. The molecule has 1 aromatic carbocycles. The molecule has 0 aromatic heterocycles. The molecule has 0 bridgehead atoms. The van der Waals surface area contributed by atoms with Crippen LogP contribution < -0.4 is 5.14 Å². The van der Waals surface area contributed by atoms with E-state index in [0.29, 0.717) is 5.02 Å². The molecule has 2 N–H and O–H groups in total. The maximum Gasteiger partial charge on any atom is 0.123 e. The molecule has 1 aromatic rings. The highest BCUT2D eigenvalue weighted by molar-refractivity contribution is 7.82. The van der Waals surface area contributed by atoms with Crippen LogP contribution in [-0.2, 0) is 11.0 Å². The van der Waals surface area contributed by atoms with E-state index in [1.54, 1.807) is 0 Å². The van der Waals surface area contributed by atoms with Crippen molar-refractivity contribution in [1.82, 2.24) is 0 Å². The molecule has 0 spiro atoms. The third-order valence-electron chi connectivity index (χ3n) is 1.22. The van der Waals surface area contributed by atoms with Crippen molar-refractivity contribution in [2.24, 2.45) is 5.14 Å². The highest BCUT2D eigenvalue weighted by Crippen LogP contribution is 2.33. The summed E-state index contributed by atoms with van der Waals surface area (Å²) in [5.74, 6) is 0. The molecule has 6 heteroatoms. The number of benzene rings is 1. The third-order valence-corrected chi connectivity index (χ3v) is 3.40. The third kappa shape index (κ3) is 1.92. The van der Waals surface area contributed by atoms with Crippen LogP contribution in [0.15, 0.2) is 17.0 Å². The molecule has 0 saturated heterocycles. The molecule has 0 aliphatic heterocycles. The lowest BCUT2D eigenvalue weighted by Crippen LogP contribution is -2.03. The summed E-state index contributed by atoms with van der Waals surface area (Å²) in [7, 11) is -1.63. The minimum atomic E-state index is -1.63. The number of rotatable bonds is 1. The van der Waals surface area contributed by atoms with Crippen LogP contribution in [0.25, 0.3) is 0 Å². The summed E-state index contributed by atoms with van der Waals surface area (Å²) >= 11 is 17.0. The minimum Gasteiger partial charge on any atom is -0.248 e.